The van der Waals surface area contributed by atoms with Crippen molar-refractivity contribution in [2.75, 3.05) is 12.8 Å². The molecular weight excluding hydrogens is 195 g/mol. The molecule has 0 aliphatic rings. The van der Waals surface area contributed by atoms with E-state index in [9.17, 15) is 4.57 Å². The summed E-state index contributed by atoms with van der Waals surface area (Å²) in [5.74, 6) is 0. The van der Waals surface area contributed by atoms with Crippen LogP contribution in [0.15, 0.2) is 30.3 Å². The van der Waals surface area contributed by atoms with Crippen molar-refractivity contribution in [3.05, 3.63) is 35.9 Å². The average molecular weight is 212 g/mol. The summed E-state index contributed by atoms with van der Waals surface area (Å²) in [7, 11) is -1.76. The zero-order chi connectivity index (χ0) is 10.2. The molecule has 0 saturated heterocycles. The van der Waals surface area contributed by atoms with Gasteiger partial charge >= 0.3 is 0 Å². The summed E-state index contributed by atoms with van der Waals surface area (Å²) in [4.78, 5) is 0. The standard InChI is InChI=1S/C11H17O2P/c1-2-13-14(12)10-6-9-11-7-4-3-5-8-11/h3-5,7-8,14H,2,6,9-10H2,1H3. The van der Waals surface area contributed by atoms with E-state index in [1.54, 1.807) is 0 Å². The highest BCUT2D eigenvalue weighted by atomic mass is 31.1. The molecule has 0 aliphatic heterocycles. The average Bonchev–Trinajstić information content (AvgIpc) is 2.20. The fraction of sp³-hybridized carbons (Fsp3) is 0.455. The molecule has 3 heteroatoms. The molecular formula is C11H17O2P. The van der Waals surface area contributed by atoms with Gasteiger partial charge in [0.1, 0.15) is 0 Å². The Kier molecular flexibility index (Phi) is 5.58. The van der Waals surface area contributed by atoms with Gasteiger partial charge in [0, 0.05) is 6.16 Å². The SMILES string of the molecule is CCO[PH](=O)CCCc1ccccc1. The first-order valence-electron chi connectivity index (χ1n) is 5.02. The van der Waals surface area contributed by atoms with Crippen molar-refractivity contribution in [2.45, 2.75) is 19.8 Å². The maximum Gasteiger partial charge on any atom is 0.191 e. The molecule has 0 amide bonds. The first-order chi connectivity index (χ1) is 6.83. The van der Waals surface area contributed by atoms with Crippen molar-refractivity contribution in [1.29, 1.82) is 0 Å². The van der Waals surface area contributed by atoms with Crippen LogP contribution in [-0.4, -0.2) is 12.8 Å². The van der Waals surface area contributed by atoms with Gasteiger partial charge in [-0.25, -0.2) is 0 Å². The molecule has 0 bridgehead atoms. The van der Waals surface area contributed by atoms with E-state index in [1.165, 1.54) is 5.56 Å². The van der Waals surface area contributed by atoms with Crippen LogP contribution in [0.5, 0.6) is 0 Å². The lowest BCUT2D eigenvalue weighted by atomic mass is 10.1. The normalized spacial score (nSPS) is 12.6. The van der Waals surface area contributed by atoms with Gasteiger partial charge in [0.05, 0.1) is 6.61 Å². The molecule has 0 radical (unpaired) electrons. The van der Waals surface area contributed by atoms with Gasteiger partial charge in [-0.05, 0) is 25.3 Å². The Hall–Kier alpha value is -0.590. The predicted molar refractivity (Wildman–Crippen MR) is 60.3 cm³/mol. The van der Waals surface area contributed by atoms with Crippen molar-refractivity contribution >= 4 is 8.03 Å². The smallest absolute Gasteiger partial charge is 0.191 e. The molecule has 0 aliphatic carbocycles. The third-order valence-electron chi connectivity index (χ3n) is 1.99. The van der Waals surface area contributed by atoms with Crippen LogP contribution in [0.2, 0.25) is 0 Å². The topological polar surface area (TPSA) is 26.3 Å². The van der Waals surface area contributed by atoms with Crippen molar-refractivity contribution in [2.24, 2.45) is 0 Å². The summed E-state index contributed by atoms with van der Waals surface area (Å²) in [6.07, 6.45) is 2.64. The number of rotatable bonds is 6. The lowest BCUT2D eigenvalue weighted by Gasteiger charge is -2.02. The van der Waals surface area contributed by atoms with Crippen LogP contribution in [0.4, 0.5) is 0 Å². The second-order valence-corrected chi connectivity index (χ2v) is 4.68. The molecule has 0 heterocycles. The second-order valence-electron chi connectivity index (χ2n) is 3.14. The fourth-order valence-corrected chi connectivity index (χ4v) is 2.25. The van der Waals surface area contributed by atoms with E-state index in [2.05, 4.69) is 12.1 Å². The van der Waals surface area contributed by atoms with Crippen LogP contribution in [0, 0.1) is 0 Å². The summed E-state index contributed by atoms with van der Waals surface area (Å²) in [6, 6.07) is 10.3. The molecule has 0 spiro atoms. The number of aryl methyl sites for hydroxylation is 1. The largest absolute Gasteiger partial charge is 0.331 e. The quantitative estimate of drug-likeness (QED) is 0.677. The third kappa shape index (κ3) is 4.59. The van der Waals surface area contributed by atoms with Crippen molar-refractivity contribution in [1.82, 2.24) is 0 Å². The van der Waals surface area contributed by atoms with Crippen molar-refractivity contribution < 1.29 is 9.09 Å². The van der Waals surface area contributed by atoms with Crippen molar-refractivity contribution in [3.8, 4) is 0 Å². The molecule has 0 saturated carbocycles. The van der Waals surface area contributed by atoms with Crippen LogP contribution >= 0.6 is 8.03 Å². The molecule has 14 heavy (non-hydrogen) atoms. The molecule has 0 fully saturated rings. The first kappa shape index (κ1) is 11.5. The molecule has 1 atom stereocenters. The van der Waals surface area contributed by atoms with Crippen LogP contribution in [0.3, 0.4) is 0 Å². The minimum atomic E-state index is -1.76. The van der Waals surface area contributed by atoms with Gasteiger partial charge in [-0.2, -0.15) is 0 Å². The van der Waals surface area contributed by atoms with Crippen LogP contribution < -0.4 is 0 Å². The van der Waals surface area contributed by atoms with Gasteiger partial charge in [0.15, 0.2) is 8.03 Å². The van der Waals surface area contributed by atoms with Crippen LogP contribution in [-0.2, 0) is 15.5 Å². The first-order valence-corrected chi connectivity index (χ1v) is 6.55. The molecule has 1 rings (SSSR count). The van der Waals surface area contributed by atoms with Gasteiger partial charge in [0.25, 0.3) is 0 Å². The number of hydrogen-bond donors (Lipinski definition) is 0. The van der Waals surface area contributed by atoms with E-state index in [0.717, 1.165) is 12.8 Å². The third-order valence-corrected chi connectivity index (χ3v) is 3.37. The van der Waals surface area contributed by atoms with Gasteiger partial charge < -0.3 is 4.52 Å². The summed E-state index contributed by atoms with van der Waals surface area (Å²) in [5.41, 5.74) is 1.30. The Labute approximate surface area is 86.2 Å². The maximum absolute atomic E-state index is 11.2. The zero-order valence-corrected chi connectivity index (χ0v) is 9.53. The Bertz CT molecular complexity index is 272. The molecule has 78 valence electrons. The fourth-order valence-electron chi connectivity index (χ4n) is 1.31. The summed E-state index contributed by atoms with van der Waals surface area (Å²) in [5, 5.41) is 0. The Morgan fingerprint density at radius 3 is 2.64 bits per heavy atom. The van der Waals surface area contributed by atoms with E-state index in [4.69, 9.17) is 4.52 Å². The van der Waals surface area contributed by atoms with Crippen LogP contribution in [0.1, 0.15) is 18.9 Å². The zero-order valence-electron chi connectivity index (χ0n) is 8.53. The van der Waals surface area contributed by atoms with Gasteiger partial charge in [-0.3, -0.25) is 4.57 Å². The lowest BCUT2D eigenvalue weighted by molar-refractivity contribution is 0.350. The predicted octanol–water partition coefficient (Wildman–Crippen LogP) is 3.13. The lowest BCUT2D eigenvalue weighted by Crippen LogP contribution is -1.89. The van der Waals surface area contributed by atoms with E-state index in [0.29, 0.717) is 12.8 Å². The summed E-state index contributed by atoms with van der Waals surface area (Å²) in [6.45, 7) is 2.43. The number of benzene rings is 1. The van der Waals surface area contributed by atoms with Gasteiger partial charge in [0.2, 0.25) is 0 Å². The van der Waals surface area contributed by atoms with E-state index in [-0.39, 0.29) is 0 Å². The molecule has 2 nitrogen and oxygen atoms in total. The highest BCUT2D eigenvalue weighted by Gasteiger charge is 1.98. The van der Waals surface area contributed by atoms with Crippen molar-refractivity contribution in [3.63, 3.8) is 0 Å². The number of hydrogen-bond acceptors (Lipinski definition) is 2. The Morgan fingerprint density at radius 1 is 1.29 bits per heavy atom. The van der Waals surface area contributed by atoms with Gasteiger partial charge in [-0.15, -0.1) is 0 Å². The summed E-state index contributed by atoms with van der Waals surface area (Å²) < 4.78 is 16.2. The van der Waals surface area contributed by atoms with E-state index in [1.807, 2.05) is 25.1 Å². The molecule has 0 aromatic heterocycles. The molecule has 0 N–H and O–H groups in total. The molecule has 1 aromatic carbocycles. The minimum Gasteiger partial charge on any atom is -0.331 e. The minimum absolute atomic E-state index is 0.559. The molecule has 1 unspecified atom stereocenters. The second kappa shape index (κ2) is 6.80. The van der Waals surface area contributed by atoms with Crippen LogP contribution in [0.25, 0.3) is 0 Å². The summed E-state index contributed by atoms with van der Waals surface area (Å²) >= 11 is 0. The van der Waals surface area contributed by atoms with E-state index < -0.39 is 8.03 Å². The molecule has 1 aromatic rings. The van der Waals surface area contributed by atoms with Gasteiger partial charge in [-0.1, -0.05) is 30.3 Å². The maximum atomic E-state index is 11.2. The van der Waals surface area contributed by atoms with E-state index >= 15 is 0 Å². The Morgan fingerprint density at radius 2 is 2.00 bits per heavy atom. The monoisotopic (exact) mass is 212 g/mol. The highest BCUT2D eigenvalue weighted by molar-refractivity contribution is 7.39. The highest BCUT2D eigenvalue weighted by Crippen LogP contribution is 2.23. The Balaban J connectivity index is 2.19.